The van der Waals surface area contributed by atoms with Crippen LogP contribution in [0.1, 0.15) is 17.1 Å². The van der Waals surface area contributed by atoms with E-state index < -0.39 is 29.6 Å². The third-order valence-electron chi connectivity index (χ3n) is 5.04. The summed E-state index contributed by atoms with van der Waals surface area (Å²) in [6, 6.07) is 7.80. The number of hydrogen-bond donors (Lipinski definition) is 1. The lowest BCUT2D eigenvalue weighted by Crippen LogP contribution is -2.21. The van der Waals surface area contributed by atoms with Crippen molar-refractivity contribution in [3.63, 3.8) is 0 Å². The van der Waals surface area contributed by atoms with Gasteiger partial charge >= 0.3 is 6.36 Å². The van der Waals surface area contributed by atoms with Crippen molar-refractivity contribution in [3.05, 3.63) is 77.1 Å². The Kier molecular flexibility index (Phi) is 5.46. The number of H-pyrrole nitrogens is 1. The second-order valence-electron chi connectivity index (χ2n) is 7.48. The van der Waals surface area contributed by atoms with Crippen molar-refractivity contribution in [1.82, 2.24) is 20.1 Å². The molecule has 4 aromatic rings. The molecule has 0 fully saturated rings. The molecule has 1 N–H and O–H groups in total. The second kappa shape index (κ2) is 8.49. The number of benzene rings is 2. The van der Waals surface area contributed by atoms with E-state index in [1.807, 2.05) is 0 Å². The molecule has 1 aliphatic rings. The van der Waals surface area contributed by atoms with Crippen molar-refractivity contribution >= 4 is 6.21 Å². The minimum absolute atomic E-state index is 0.00423. The molecule has 0 atom stereocenters. The maximum absolute atomic E-state index is 14.1. The number of rotatable bonds is 5. The van der Waals surface area contributed by atoms with Crippen molar-refractivity contribution < 1.29 is 35.6 Å². The number of nitrogens with zero attached hydrogens (tertiary/aromatic N) is 4. The average Bonchev–Trinajstić information content (AvgIpc) is 3.41. The standard InChI is InChI=1S/C22H13F6N5O2/c23-11-4-5-13(19(6-11)34-22(26,27)28)16-7-12(35-32-16)9-33-10-18-17(8-29-33)30-21(31-18)14-2-1-3-15(24)20(14)25/h1-8H,9-10H2,(H,30,31). The first-order chi connectivity index (χ1) is 16.7. The van der Waals surface area contributed by atoms with Gasteiger partial charge in [0.15, 0.2) is 17.4 Å². The molecular formula is C22H13F6N5O2. The number of aromatic nitrogens is 3. The fraction of sp³-hybridized carbons (Fsp3) is 0.136. The Hall–Kier alpha value is -4.29. The second-order valence-corrected chi connectivity index (χ2v) is 7.48. The molecule has 0 saturated heterocycles. The summed E-state index contributed by atoms with van der Waals surface area (Å²) in [7, 11) is 0. The lowest BCUT2D eigenvalue weighted by atomic mass is 10.1. The Labute approximate surface area is 192 Å². The maximum Gasteiger partial charge on any atom is 0.573 e. The van der Waals surface area contributed by atoms with Crippen LogP contribution in [0.25, 0.3) is 22.6 Å². The van der Waals surface area contributed by atoms with Crippen LogP contribution in [0.3, 0.4) is 0 Å². The molecule has 0 unspecified atom stereocenters. The topological polar surface area (TPSA) is 79.5 Å². The number of aromatic amines is 1. The number of fused-ring (bicyclic) bond motifs is 1. The summed E-state index contributed by atoms with van der Waals surface area (Å²) >= 11 is 0. The monoisotopic (exact) mass is 493 g/mol. The molecule has 0 radical (unpaired) electrons. The number of imidazole rings is 1. The molecule has 0 bridgehead atoms. The summed E-state index contributed by atoms with van der Waals surface area (Å²) in [4.78, 5) is 7.21. The molecule has 35 heavy (non-hydrogen) atoms. The van der Waals surface area contributed by atoms with Gasteiger partial charge in [-0.15, -0.1) is 13.2 Å². The van der Waals surface area contributed by atoms with Crippen LogP contribution in [0.2, 0.25) is 0 Å². The summed E-state index contributed by atoms with van der Waals surface area (Å²) in [5.74, 6) is -3.32. The Morgan fingerprint density at radius 1 is 1.06 bits per heavy atom. The Morgan fingerprint density at radius 2 is 1.89 bits per heavy atom. The summed E-state index contributed by atoms with van der Waals surface area (Å²) in [6.07, 6.45) is -3.58. The first kappa shape index (κ1) is 22.5. The average molecular weight is 493 g/mol. The van der Waals surface area contributed by atoms with Gasteiger partial charge in [-0.05, 0) is 24.3 Å². The summed E-state index contributed by atoms with van der Waals surface area (Å²) in [5.41, 5.74) is 0.883. The van der Waals surface area contributed by atoms with Crippen molar-refractivity contribution in [2.75, 3.05) is 0 Å². The van der Waals surface area contributed by atoms with Crippen LogP contribution >= 0.6 is 0 Å². The molecule has 0 saturated carbocycles. The highest BCUT2D eigenvalue weighted by Gasteiger charge is 2.33. The number of hydrazone groups is 1. The Bertz CT molecular complexity index is 1430. The predicted molar refractivity (Wildman–Crippen MR) is 109 cm³/mol. The number of ether oxygens (including phenoxy) is 1. The predicted octanol–water partition coefficient (Wildman–Crippen LogP) is 5.40. The highest BCUT2D eigenvalue weighted by atomic mass is 19.4. The third-order valence-corrected chi connectivity index (χ3v) is 5.04. The normalized spacial score (nSPS) is 13.3. The molecule has 2 aromatic carbocycles. The van der Waals surface area contributed by atoms with Crippen LogP contribution < -0.4 is 4.74 Å². The minimum atomic E-state index is -5.02. The zero-order chi connectivity index (χ0) is 24.7. The SMILES string of the molecule is Fc1ccc(-c2cc(CN3Cc4nc(-c5cccc(F)c5F)[nH]c4C=N3)on2)c(OC(F)(F)F)c1. The molecule has 0 spiro atoms. The minimum Gasteiger partial charge on any atom is -0.405 e. The molecule has 180 valence electrons. The van der Waals surface area contributed by atoms with Crippen molar-refractivity contribution in [2.45, 2.75) is 19.5 Å². The lowest BCUT2D eigenvalue weighted by molar-refractivity contribution is -0.274. The van der Waals surface area contributed by atoms with E-state index in [0.29, 0.717) is 17.5 Å². The van der Waals surface area contributed by atoms with Crippen LogP contribution in [-0.2, 0) is 13.1 Å². The van der Waals surface area contributed by atoms with Gasteiger partial charge in [0.1, 0.15) is 23.1 Å². The third kappa shape index (κ3) is 4.69. The summed E-state index contributed by atoms with van der Waals surface area (Å²) < 4.78 is 88.3. The number of alkyl halides is 3. The van der Waals surface area contributed by atoms with Crippen molar-refractivity contribution in [3.8, 4) is 28.4 Å². The molecule has 0 amide bonds. The molecular weight excluding hydrogens is 480 g/mol. The first-order valence-electron chi connectivity index (χ1n) is 10.00. The van der Waals surface area contributed by atoms with Gasteiger partial charge in [-0.3, -0.25) is 5.01 Å². The zero-order valence-electron chi connectivity index (χ0n) is 17.4. The van der Waals surface area contributed by atoms with Crippen molar-refractivity contribution in [1.29, 1.82) is 0 Å². The molecule has 2 aromatic heterocycles. The van der Waals surface area contributed by atoms with E-state index in [1.54, 1.807) is 0 Å². The fourth-order valence-corrected chi connectivity index (χ4v) is 3.53. The van der Waals surface area contributed by atoms with Gasteiger partial charge in [-0.1, -0.05) is 11.2 Å². The smallest absolute Gasteiger partial charge is 0.405 e. The van der Waals surface area contributed by atoms with E-state index in [2.05, 4.69) is 25.0 Å². The molecule has 5 rings (SSSR count). The van der Waals surface area contributed by atoms with E-state index in [0.717, 1.165) is 18.2 Å². The first-order valence-corrected chi connectivity index (χ1v) is 10.00. The van der Waals surface area contributed by atoms with Gasteiger partial charge in [0.2, 0.25) is 0 Å². The van der Waals surface area contributed by atoms with Gasteiger partial charge in [0.05, 0.1) is 36.3 Å². The highest BCUT2D eigenvalue weighted by Crippen LogP contribution is 2.34. The van der Waals surface area contributed by atoms with Crippen molar-refractivity contribution in [2.24, 2.45) is 5.10 Å². The van der Waals surface area contributed by atoms with E-state index >= 15 is 0 Å². The van der Waals surface area contributed by atoms with Crippen LogP contribution in [0.5, 0.6) is 5.75 Å². The van der Waals surface area contributed by atoms with Crippen LogP contribution in [-0.4, -0.2) is 32.7 Å². The number of nitrogens with one attached hydrogen (secondary N) is 1. The van der Waals surface area contributed by atoms with E-state index in [4.69, 9.17) is 4.52 Å². The quantitative estimate of drug-likeness (QED) is 0.377. The molecule has 1 aliphatic heterocycles. The van der Waals surface area contributed by atoms with Gasteiger partial charge in [-0.2, -0.15) is 5.10 Å². The number of halogens is 6. The zero-order valence-corrected chi connectivity index (χ0v) is 17.4. The van der Waals surface area contributed by atoms with E-state index in [-0.39, 0.29) is 41.5 Å². The van der Waals surface area contributed by atoms with Gasteiger partial charge < -0.3 is 14.2 Å². The Morgan fingerprint density at radius 3 is 2.69 bits per heavy atom. The Balaban J connectivity index is 1.33. The maximum atomic E-state index is 14.1. The van der Waals surface area contributed by atoms with Gasteiger partial charge in [0.25, 0.3) is 0 Å². The van der Waals surface area contributed by atoms with Crippen LogP contribution in [0.15, 0.2) is 52.1 Å². The molecule has 13 heteroatoms. The van der Waals surface area contributed by atoms with E-state index in [1.165, 1.54) is 29.4 Å². The molecule has 7 nitrogen and oxygen atoms in total. The summed E-state index contributed by atoms with van der Waals surface area (Å²) in [6.45, 7) is 0.240. The number of hydrogen-bond acceptors (Lipinski definition) is 6. The summed E-state index contributed by atoms with van der Waals surface area (Å²) in [5, 5.41) is 9.51. The lowest BCUT2D eigenvalue weighted by Gasteiger charge is -2.19. The molecule has 3 heterocycles. The van der Waals surface area contributed by atoms with Gasteiger partial charge in [0, 0.05) is 17.7 Å². The van der Waals surface area contributed by atoms with Crippen LogP contribution in [0.4, 0.5) is 26.3 Å². The largest absolute Gasteiger partial charge is 0.573 e. The van der Waals surface area contributed by atoms with Crippen LogP contribution in [0, 0.1) is 17.5 Å². The van der Waals surface area contributed by atoms with E-state index in [9.17, 15) is 26.3 Å². The van der Waals surface area contributed by atoms with Gasteiger partial charge in [-0.25, -0.2) is 18.2 Å². The fourth-order valence-electron chi connectivity index (χ4n) is 3.53. The highest BCUT2D eigenvalue weighted by molar-refractivity contribution is 5.80. The molecule has 0 aliphatic carbocycles.